The Morgan fingerprint density at radius 2 is 1.81 bits per heavy atom. The second kappa shape index (κ2) is 18.4. The Balaban J connectivity index is 1.15. The van der Waals surface area contributed by atoms with Gasteiger partial charge in [0.1, 0.15) is 42.6 Å². The minimum atomic E-state index is -0.833. The summed E-state index contributed by atoms with van der Waals surface area (Å²) in [6, 6.07) is 21.1. The number of nitrogens with zero attached hydrogens (tertiary/aromatic N) is 4. The summed E-state index contributed by atoms with van der Waals surface area (Å²) >= 11 is 6.84. The van der Waals surface area contributed by atoms with Gasteiger partial charge in [0.05, 0.1) is 23.3 Å². The summed E-state index contributed by atoms with van der Waals surface area (Å²) in [4.78, 5) is 20.5. The molecular weight excluding hydrogens is 692 g/mol. The Labute approximate surface area is 316 Å². The number of piperidine rings is 2. The number of ether oxygens (including phenoxy) is 3. The normalized spacial score (nSPS) is 17.9. The van der Waals surface area contributed by atoms with Crippen molar-refractivity contribution < 1.29 is 29.2 Å². The lowest BCUT2D eigenvalue weighted by Crippen LogP contribution is -2.44. The SMILES string of the molecule is Cc1c(COc2cc(OCc3cncc(C#N)c3)c(CN3CCCC[C@H]3C(=O)O)cc2Cl)cccc1-c1cccc(OCCCN2CCC[C@H](O)C2)c1. The monoisotopic (exact) mass is 738 g/mol. The Kier molecular flexibility index (Phi) is 13.2. The quantitative estimate of drug-likeness (QED) is 0.119. The molecule has 2 atom stereocenters. The highest BCUT2D eigenvalue weighted by molar-refractivity contribution is 6.32. The van der Waals surface area contributed by atoms with Gasteiger partial charge in [0.15, 0.2) is 0 Å². The van der Waals surface area contributed by atoms with Crippen molar-refractivity contribution in [2.75, 3.05) is 32.8 Å². The Hall–Kier alpha value is -4.66. The number of aliphatic carboxylic acids is 1. The van der Waals surface area contributed by atoms with Gasteiger partial charge >= 0.3 is 5.97 Å². The fourth-order valence-electron chi connectivity index (χ4n) is 7.19. The second-order valence-electron chi connectivity index (χ2n) is 13.9. The van der Waals surface area contributed by atoms with Crippen LogP contribution < -0.4 is 14.2 Å². The minimum Gasteiger partial charge on any atom is -0.494 e. The number of hydrogen-bond acceptors (Lipinski definition) is 9. The van der Waals surface area contributed by atoms with Crippen LogP contribution in [0, 0.1) is 18.3 Å². The van der Waals surface area contributed by atoms with Crippen molar-refractivity contribution in [3.05, 3.63) is 106 Å². The number of hydrogen-bond donors (Lipinski definition) is 2. The van der Waals surface area contributed by atoms with E-state index in [9.17, 15) is 20.3 Å². The van der Waals surface area contributed by atoms with Gasteiger partial charge in [0.2, 0.25) is 0 Å². The maximum atomic E-state index is 12.1. The van der Waals surface area contributed by atoms with Crippen LogP contribution in [0.4, 0.5) is 0 Å². The number of benzene rings is 3. The van der Waals surface area contributed by atoms with Crippen molar-refractivity contribution in [1.82, 2.24) is 14.8 Å². The molecule has 0 unspecified atom stereocenters. The van der Waals surface area contributed by atoms with E-state index in [1.807, 2.05) is 29.2 Å². The lowest BCUT2D eigenvalue weighted by Gasteiger charge is -2.33. The molecule has 0 saturated carbocycles. The summed E-state index contributed by atoms with van der Waals surface area (Å²) in [6.45, 7) is 6.81. The zero-order chi connectivity index (χ0) is 37.2. The molecule has 2 aliphatic heterocycles. The van der Waals surface area contributed by atoms with Gasteiger partial charge in [-0.15, -0.1) is 0 Å². The number of nitriles is 1. The molecular formula is C42H47ClN4O6. The molecule has 278 valence electrons. The number of pyridine rings is 1. The highest BCUT2D eigenvalue weighted by atomic mass is 35.5. The van der Waals surface area contributed by atoms with Gasteiger partial charge in [-0.25, -0.2) is 0 Å². The van der Waals surface area contributed by atoms with E-state index in [1.165, 1.54) is 6.20 Å². The van der Waals surface area contributed by atoms with Crippen LogP contribution in [0.2, 0.25) is 5.02 Å². The van der Waals surface area contributed by atoms with Crippen molar-refractivity contribution in [3.8, 4) is 34.4 Å². The third-order valence-corrected chi connectivity index (χ3v) is 10.3. The van der Waals surface area contributed by atoms with Gasteiger partial charge in [-0.05, 0) is 98.6 Å². The third kappa shape index (κ3) is 10.3. The van der Waals surface area contributed by atoms with Crippen LogP contribution in [-0.4, -0.2) is 75.9 Å². The first kappa shape index (κ1) is 38.1. The number of likely N-dealkylation sites (tertiary alicyclic amines) is 2. The van der Waals surface area contributed by atoms with Crippen LogP contribution >= 0.6 is 11.6 Å². The van der Waals surface area contributed by atoms with Crippen molar-refractivity contribution >= 4 is 17.6 Å². The fraction of sp³-hybridized carbons (Fsp3) is 0.405. The fourth-order valence-corrected chi connectivity index (χ4v) is 7.43. The van der Waals surface area contributed by atoms with Crippen molar-refractivity contribution in [2.24, 2.45) is 0 Å². The maximum absolute atomic E-state index is 12.1. The molecule has 3 aromatic carbocycles. The van der Waals surface area contributed by atoms with Crippen LogP contribution in [0.1, 0.15) is 66.3 Å². The summed E-state index contributed by atoms with van der Waals surface area (Å²) in [7, 11) is 0. The van der Waals surface area contributed by atoms with Crippen molar-refractivity contribution in [2.45, 2.75) is 77.4 Å². The predicted octanol–water partition coefficient (Wildman–Crippen LogP) is 7.40. The lowest BCUT2D eigenvalue weighted by atomic mass is 9.96. The maximum Gasteiger partial charge on any atom is 0.320 e. The Bertz CT molecular complexity index is 1920. The van der Waals surface area contributed by atoms with Gasteiger partial charge in [-0.2, -0.15) is 5.26 Å². The van der Waals surface area contributed by atoms with Gasteiger partial charge in [0.25, 0.3) is 0 Å². The molecule has 0 amide bonds. The first-order valence-electron chi connectivity index (χ1n) is 18.4. The van der Waals surface area contributed by atoms with Gasteiger partial charge in [0, 0.05) is 49.2 Å². The molecule has 11 heteroatoms. The van der Waals surface area contributed by atoms with Crippen molar-refractivity contribution in [3.63, 3.8) is 0 Å². The molecule has 53 heavy (non-hydrogen) atoms. The summed E-state index contributed by atoms with van der Waals surface area (Å²) in [5, 5.41) is 29.6. The highest BCUT2D eigenvalue weighted by Gasteiger charge is 2.29. The molecule has 2 fully saturated rings. The summed E-state index contributed by atoms with van der Waals surface area (Å²) < 4.78 is 18.8. The summed E-state index contributed by atoms with van der Waals surface area (Å²) in [5.41, 5.74) is 6.12. The van der Waals surface area contributed by atoms with E-state index in [2.05, 4.69) is 41.1 Å². The van der Waals surface area contributed by atoms with E-state index in [1.54, 1.807) is 24.4 Å². The predicted molar refractivity (Wildman–Crippen MR) is 203 cm³/mol. The minimum absolute atomic E-state index is 0.158. The average molecular weight is 739 g/mol. The molecule has 0 spiro atoms. The standard InChI is InChI=1S/C42H47ClN4O6/c1-29-33(9-5-12-37(29)32-8-4-11-36(19-32)51-17-7-15-46-14-6-10-35(48)26-46)28-53-41-21-40(52-27-31-18-30(22-44)23-45-24-31)34(20-38(41)43)25-47-16-3-2-13-39(47)42(49)50/h4-5,8-9,11-12,18-21,23-24,35,39,48H,2-3,6-7,10,13-17,25-28H2,1H3,(H,49,50)/t35-,39-/m0/s1. The van der Waals surface area contributed by atoms with Gasteiger partial charge in [-0.3, -0.25) is 14.7 Å². The third-order valence-electron chi connectivity index (χ3n) is 10.0. The van der Waals surface area contributed by atoms with E-state index in [4.69, 9.17) is 25.8 Å². The lowest BCUT2D eigenvalue weighted by molar-refractivity contribution is -0.144. The van der Waals surface area contributed by atoms with E-state index in [-0.39, 0.29) is 19.3 Å². The Morgan fingerprint density at radius 3 is 2.64 bits per heavy atom. The van der Waals surface area contributed by atoms with Gasteiger partial charge < -0.3 is 29.3 Å². The number of aliphatic hydroxyl groups excluding tert-OH is 1. The molecule has 3 heterocycles. The van der Waals surface area contributed by atoms with Crippen LogP contribution in [0.25, 0.3) is 11.1 Å². The van der Waals surface area contributed by atoms with Crippen molar-refractivity contribution in [1.29, 1.82) is 5.26 Å². The zero-order valence-electron chi connectivity index (χ0n) is 30.2. The largest absolute Gasteiger partial charge is 0.494 e. The van der Waals surface area contributed by atoms with E-state index in [0.29, 0.717) is 48.2 Å². The molecule has 0 aliphatic carbocycles. The molecule has 1 aromatic heterocycles. The zero-order valence-corrected chi connectivity index (χ0v) is 30.9. The van der Waals surface area contributed by atoms with Crippen LogP contribution in [0.3, 0.4) is 0 Å². The second-order valence-corrected chi connectivity index (χ2v) is 14.3. The van der Waals surface area contributed by atoms with Crippen LogP contribution in [0.15, 0.2) is 73.1 Å². The van der Waals surface area contributed by atoms with Crippen LogP contribution in [-0.2, 0) is 24.6 Å². The highest BCUT2D eigenvalue weighted by Crippen LogP contribution is 2.36. The molecule has 4 aromatic rings. The number of aromatic nitrogens is 1. The first-order chi connectivity index (χ1) is 25.8. The van der Waals surface area contributed by atoms with Crippen LogP contribution in [0.5, 0.6) is 17.2 Å². The number of rotatable bonds is 15. The van der Waals surface area contributed by atoms with E-state index in [0.717, 1.165) is 90.9 Å². The molecule has 6 rings (SSSR count). The van der Waals surface area contributed by atoms with Gasteiger partial charge in [-0.1, -0.05) is 48.4 Å². The number of carboxylic acids is 1. The molecule has 2 aliphatic rings. The number of β-amino-alcohol motifs (C(OH)–C–C–N with tert-alkyl or cyclic N) is 1. The molecule has 2 N–H and O–H groups in total. The topological polar surface area (TPSA) is 128 Å². The summed E-state index contributed by atoms with van der Waals surface area (Å²) in [5.74, 6) is 0.954. The number of halogens is 1. The number of aliphatic hydroxyl groups is 1. The van der Waals surface area contributed by atoms with E-state index >= 15 is 0 Å². The smallest absolute Gasteiger partial charge is 0.320 e. The Morgan fingerprint density at radius 1 is 0.962 bits per heavy atom. The average Bonchev–Trinajstić information content (AvgIpc) is 3.16. The summed E-state index contributed by atoms with van der Waals surface area (Å²) in [6.07, 6.45) is 8.14. The molecule has 0 bridgehead atoms. The molecule has 2 saturated heterocycles. The number of carbonyl (C=O) groups is 1. The molecule has 10 nitrogen and oxygen atoms in total. The van der Waals surface area contributed by atoms with E-state index < -0.39 is 12.0 Å². The number of carboxylic acid groups (broad SMARTS) is 1. The first-order valence-corrected chi connectivity index (χ1v) is 18.8. The molecule has 0 radical (unpaired) electrons.